The normalized spacial score (nSPS) is 26.6. The summed E-state index contributed by atoms with van der Waals surface area (Å²) in [6.45, 7) is 2.75. The van der Waals surface area contributed by atoms with Gasteiger partial charge in [-0.1, -0.05) is 25.7 Å². The Morgan fingerprint density at radius 3 is 2.35 bits per heavy atom. The van der Waals surface area contributed by atoms with Crippen LogP contribution in [0.3, 0.4) is 0 Å². The first-order valence-corrected chi connectivity index (χ1v) is 7.25. The third kappa shape index (κ3) is 3.94. The molecule has 0 spiro atoms. The van der Waals surface area contributed by atoms with Gasteiger partial charge in [0, 0.05) is 19.8 Å². The lowest BCUT2D eigenvalue weighted by Gasteiger charge is -2.38. The van der Waals surface area contributed by atoms with Gasteiger partial charge in [-0.3, -0.25) is 0 Å². The van der Waals surface area contributed by atoms with E-state index in [0.717, 1.165) is 32.6 Å². The van der Waals surface area contributed by atoms with Crippen LogP contribution >= 0.6 is 0 Å². The lowest BCUT2D eigenvalue weighted by Crippen LogP contribution is -2.45. The molecule has 17 heavy (non-hydrogen) atoms. The summed E-state index contributed by atoms with van der Waals surface area (Å²) in [5.74, 6) is 0. The van der Waals surface area contributed by atoms with Gasteiger partial charge in [-0.25, -0.2) is 0 Å². The third-order valence-corrected chi connectivity index (χ3v) is 4.10. The van der Waals surface area contributed by atoms with Crippen molar-refractivity contribution in [2.24, 2.45) is 0 Å². The second kappa shape index (κ2) is 6.72. The van der Waals surface area contributed by atoms with Crippen molar-refractivity contribution in [3.05, 3.63) is 0 Å². The number of hydrogen-bond donors (Lipinski definition) is 1. The highest BCUT2D eigenvalue weighted by Gasteiger charge is 2.34. The Morgan fingerprint density at radius 1 is 1.12 bits per heavy atom. The van der Waals surface area contributed by atoms with Crippen molar-refractivity contribution in [2.75, 3.05) is 26.8 Å². The smallest absolute Gasteiger partial charge is 0.0809 e. The second-order valence-corrected chi connectivity index (χ2v) is 5.56. The second-order valence-electron chi connectivity index (χ2n) is 5.56. The van der Waals surface area contributed by atoms with E-state index < -0.39 is 0 Å². The van der Waals surface area contributed by atoms with Crippen LogP contribution < -0.4 is 5.32 Å². The molecule has 2 aliphatic rings. The van der Waals surface area contributed by atoms with Crippen LogP contribution in [0.5, 0.6) is 0 Å². The zero-order valence-corrected chi connectivity index (χ0v) is 11.2. The highest BCUT2D eigenvalue weighted by molar-refractivity contribution is 4.87. The van der Waals surface area contributed by atoms with Crippen LogP contribution in [0.15, 0.2) is 0 Å². The quantitative estimate of drug-likeness (QED) is 0.767. The Morgan fingerprint density at radius 2 is 1.76 bits per heavy atom. The summed E-state index contributed by atoms with van der Waals surface area (Å²) >= 11 is 0. The molecule has 2 rings (SSSR count). The van der Waals surface area contributed by atoms with E-state index in [2.05, 4.69) is 5.32 Å². The van der Waals surface area contributed by atoms with Crippen LogP contribution in [0.1, 0.15) is 51.4 Å². The minimum absolute atomic E-state index is 0.104. The molecule has 0 atom stereocenters. The fourth-order valence-electron chi connectivity index (χ4n) is 3.18. The Kier molecular flexibility index (Phi) is 5.26. The van der Waals surface area contributed by atoms with Gasteiger partial charge in [0.15, 0.2) is 0 Å². The zero-order chi connectivity index (χ0) is 12.0. The molecule has 1 aliphatic heterocycles. The first-order chi connectivity index (χ1) is 8.35. The SMILES string of the molecule is CNCC1(OC2CCOCC2)CCCCCC1. The minimum atomic E-state index is 0.104. The standard InChI is InChI=1S/C14H27NO2/c1-15-12-14(8-4-2-3-5-9-14)17-13-6-10-16-11-7-13/h13,15H,2-12H2,1H3. The van der Waals surface area contributed by atoms with Gasteiger partial charge in [-0.2, -0.15) is 0 Å². The maximum atomic E-state index is 6.50. The van der Waals surface area contributed by atoms with E-state index in [0.29, 0.717) is 6.10 Å². The van der Waals surface area contributed by atoms with Crippen molar-refractivity contribution in [3.63, 3.8) is 0 Å². The highest BCUT2D eigenvalue weighted by Crippen LogP contribution is 2.32. The van der Waals surface area contributed by atoms with Crippen molar-refractivity contribution in [1.82, 2.24) is 5.32 Å². The summed E-state index contributed by atoms with van der Waals surface area (Å²) in [6.07, 6.45) is 10.4. The van der Waals surface area contributed by atoms with Crippen LogP contribution in [-0.4, -0.2) is 38.5 Å². The summed E-state index contributed by atoms with van der Waals surface area (Å²) in [5, 5.41) is 3.34. The maximum Gasteiger partial charge on any atom is 0.0809 e. The van der Waals surface area contributed by atoms with Gasteiger partial charge in [0.25, 0.3) is 0 Å². The number of nitrogens with one attached hydrogen (secondary N) is 1. The van der Waals surface area contributed by atoms with E-state index in [1.807, 2.05) is 7.05 Å². The predicted molar refractivity (Wildman–Crippen MR) is 69.3 cm³/mol. The summed E-state index contributed by atoms with van der Waals surface area (Å²) in [5.41, 5.74) is 0.104. The van der Waals surface area contributed by atoms with E-state index in [1.165, 1.54) is 38.5 Å². The molecular weight excluding hydrogens is 214 g/mol. The van der Waals surface area contributed by atoms with Crippen LogP contribution in [0.25, 0.3) is 0 Å². The highest BCUT2D eigenvalue weighted by atomic mass is 16.5. The van der Waals surface area contributed by atoms with Crippen LogP contribution in [0, 0.1) is 0 Å². The monoisotopic (exact) mass is 241 g/mol. The summed E-state index contributed by atoms with van der Waals surface area (Å²) in [7, 11) is 2.04. The average Bonchev–Trinajstić information content (AvgIpc) is 2.57. The molecule has 0 aromatic heterocycles. The number of likely N-dealkylation sites (N-methyl/N-ethyl adjacent to an activating group) is 1. The van der Waals surface area contributed by atoms with Gasteiger partial charge in [-0.05, 0) is 32.7 Å². The van der Waals surface area contributed by atoms with Crippen molar-refractivity contribution >= 4 is 0 Å². The molecule has 2 fully saturated rings. The van der Waals surface area contributed by atoms with Crippen molar-refractivity contribution in [2.45, 2.75) is 63.1 Å². The molecule has 0 aromatic rings. The van der Waals surface area contributed by atoms with Gasteiger partial charge in [0.2, 0.25) is 0 Å². The molecule has 3 nitrogen and oxygen atoms in total. The van der Waals surface area contributed by atoms with E-state index in [1.54, 1.807) is 0 Å². The Bertz CT molecular complexity index is 206. The predicted octanol–water partition coefficient (Wildman–Crippen LogP) is 2.49. The van der Waals surface area contributed by atoms with E-state index in [-0.39, 0.29) is 5.60 Å². The summed E-state index contributed by atoms with van der Waals surface area (Å²) in [4.78, 5) is 0. The summed E-state index contributed by atoms with van der Waals surface area (Å²) in [6, 6.07) is 0. The molecule has 3 heteroatoms. The molecule has 1 aliphatic carbocycles. The van der Waals surface area contributed by atoms with Crippen molar-refractivity contribution in [3.8, 4) is 0 Å². The first-order valence-electron chi connectivity index (χ1n) is 7.25. The molecule has 0 bridgehead atoms. The summed E-state index contributed by atoms with van der Waals surface area (Å²) < 4.78 is 11.9. The Balaban J connectivity index is 1.93. The topological polar surface area (TPSA) is 30.5 Å². The first kappa shape index (κ1) is 13.3. The Labute approximate surface area is 105 Å². The third-order valence-electron chi connectivity index (χ3n) is 4.10. The average molecular weight is 241 g/mol. The molecule has 1 saturated carbocycles. The lowest BCUT2D eigenvalue weighted by molar-refractivity contribution is -0.130. The fraction of sp³-hybridized carbons (Fsp3) is 1.00. The molecule has 1 heterocycles. The molecule has 0 unspecified atom stereocenters. The van der Waals surface area contributed by atoms with Gasteiger partial charge in [-0.15, -0.1) is 0 Å². The molecular formula is C14H27NO2. The van der Waals surface area contributed by atoms with Crippen LogP contribution in [0.4, 0.5) is 0 Å². The van der Waals surface area contributed by atoms with Crippen molar-refractivity contribution in [1.29, 1.82) is 0 Å². The molecule has 100 valence electrons. The lowest BCUT2D eigenvalue weighted by atomic mass is 9.93. The van der Waals surface area contributed by atoms with E-state index >= 15 is 0 Å². The number of rotatable bonds is 4. The zero-order valence-electron chi connectivity index (χ0n) is 11.2. The Hall–Kier alpha value is -0.120. The molecule has 0 radical (unpaired) electrons. The van der Waals surface area contributed by atoms with E-state index in [4.69, 9.17) is 9.47 Å². The van der Waals surface area contributed by atoms with E-state index in [9.17, 15) is 0 Å². The van der Waals surface area contributed by atoms with Gasteiger partial charge < -0.3 is 14.8 Å². The fourth-order valence-corrected chi connectivity index (χ4v) is 3.18. The minimum Gasteiger partial charge on any atom is -0.381 e. The van der Waals surface area contributed by atoms with Gasteiger partial charge in [0.1, 0.15) is 0 Å². The molecule has 0 aromatic carbocycles. The largest absolute Gasteiger partial charge is 0.381 e. The van der Waals surface area contributed by atoms with Gasteiger partial charge >= 0.3 is 0 Å². The molecule has 0 amide bonds. The molecule has 1 saturated heterocycles. The van der Waals surface area contributed by atoms with Crippen LogP contribution in [0.2, 0.25) is 0 Å². The van der Waals surface area contributed by atoms with Gasteiger partial charge in [0.05, 0.1) is 11.7 Å². The van der Waals surface area contributed by atoms with Crippen LogP contribution in [-0.2, 0) is 9.47 Å². The molecule has 1 N–H and O–H groups in total. The number of ether oxygens (including phenoxy) is 2. The number of hydrogen-bond acceptors (Lipinski definition) is 3. The van der Waals surface area contributed by atoms with Crippen molar-refractivity contribution < 1.29 is 9.47 Å². The maximum absolute atomic E-state index is 6.50.